The maximum Gasteiger partial charge on any atom is 0.240 e. The predicted molar refractivity (Wildman–Crippen MR) is 80.2 cm³/mol. The first kappa shape index (κ1) is 15.3. The van der Waals surface area contributed by atoms with Gasteiger partial charge in [-0.3, -0.25) is 4.68 Å². The Balaban J connectivity index is 2.08. The van der Waals surface area contributed by atoms with Crippen molar-refractivity contribution in [2.24, 2.45) is 0 Å². The third-order valence-corrected chi connectivity index (χ3v) is 4.34. The van der Waals surface area contributed by atoms with Gasteiger partial charge in [0.25, 0.3) is 0 Å². The minimum absolute atomic E-state index is 0.182. The highest BCUT2D eigenvalue weighted by Crippen LogP contribution is 2.22. The lowest BCUT2D eigenvalue weighted by molar-refractivity contribution is 0.584. The predicted octanol–water partition coefficient (Wildman–Crippen LogP) is 0.271. The van der Waals surface area contributed by atoms with Crippen molar-refractivity contribution < 1.29 is 8.42 Å². The van der Waals surface area contributed by atoms with Crippen LogP contribution in [-0.2, 0) is 16.6 Å². The van der Waals surface area contributed by atoms with Crippen LogP contribution in [0.5, 0.6) is 0 Å². The fourth-order valence-electron chi connectivity index (χ4n) is 1.79. The van der Waals surface area contributed by atoms with Crippen molar-refractivity contribution in [1.29, 1.82) is 0 Å². The van der Waals surface area contributed by atoms with Crippen LogP contribution >= 0.6 is 0 Å². The zero-order valence-electron chi connectivity index (χ0n) is 11.7. The lowest BCUT2D eigenvalue weighted by Crippen LogP contribution is -2.23. The molecule has 0 amide bonds. The molecule has 0 bridgehead atoms. The number of hydrogen-bond acceptors (Lipinski definition) is 6. The molecule has 1 heterocycles. The van der Waals surface area contributed by atoms with E-state index in [4.69, 9.17) is 5.73 Å². The smallest absolute Gasteiger partial charge is 0.240 e. The van der Waals surface area contributed by atoms with Crippen LogP contribution in [0.1, 0.15) is 6.92 Å². The Morgan fingerprint density at radius 3 is 2.86 bits per heavy atom. The van der Waals surface area contributed by atoms with Crippen LogP contribution in [0.2, 0.25) is 0 Å². The van der Waals surface area contributed by atoms with E-state index >= 15 is 0 Å². The standard InChI is InChI=1S/C12H18N6O2S/c1-2-16-21(19,20)10-3-4-11(13)12(9-10)14-5-7-18-8-6-15-17-18/h3-4,6,8-9,14,16H,2,5,7,13H2,1H3. The zero-order chi connectivity index (χ0) is 15.3. The number of nitrogens with two attached hydrogens (primary N) is 1. The fourth-order valence-corrected chi connectivity index (χ4v) is 2.85. The third kappa shape index (κ3) is 3.92. The largest absolute Gasteiger partial charge is 0.397 e. The van der Waals surface area contributed by atoms with Crippen molar-refractivity contribution in [3.63, 3.8) is 0 Å². The summed E-state index contributed by atoms with van der Waals surface area (Å²) in [7, 11) is -3.49. The molecule has 114 valence electrons. The van der Waals surface area contributed by atoms with E-state index in [2.05, 4.69) is 20.4 Å². The molecule has 2 aromatic rings. The minimum Gasteiger partial charge on any atom is -0.397 e. The monoisotopic (exact) mass is 310 g/mol. The topological polar surface area (TPSA) is 115 Å². The van der Waals surface area contributed by atoms with Crippen molar-refractivity contribution in [2.45, 2.75) is 18.4 Å². The van der Waals surface area contributed by atoms with Gasteiger partial charge in [-0.15, -0.1) is 5.10 Å². The molecular weight excluding hydrogens is 292 g/mol. The van der Waals surface area contributed by atoms with Crippen LogP contribution in [0.4, 0.5) is 11.4 Å². The molecule has 4 N–H and O–H groups in total. The van der Waals surface area contributed by atoms with Gasteiger partial charge in [0.1, 0.15) is 0 Å². The number of rotatable bonds is 7. The molecule has 9 heteroatoms. The van der Waals surface area contributed by atoms with Gasteiger partial charge in [-0.1, -0.05) is 12.1 Å². The van der Waals surface area contributed by atoms with E-state index < -0.39 is 10.0 Å². The van der Waals surface area contributed by atoms with Crippen LogP contribution in [0.15, 0.2) is 35.5 Å². The molecule has 8 nitrogen and oxygen atoms in total. The number of anilines is 2. The highest BCUT2D eigenvalue weighted by atomic mass is 32.2. The molecule has 0 atom stereocenters. The summed E-state index contributed by atoms with van der Waals surface area (Å²) in [5.41, 5.74) is 6.92. The molecule has 2 rings (SSSR count). The highest BCUT2D eigenvalue weighted by molar-refractivity contribution is 7.89. The quantitative estimate of drug-likeness (QED) is 0.632. The summed E-state index contributed by atoms with van der Waals surface area (Å²) in [4.78, 5) is 0.182. The number of nitrogen functional groups attached to an aromatic ring is 1. The Morgan fingerprint density at radius 1 is 1.38 bits per heavy atom. The molecule has 0 spiro atoms. The Bertz CT molecular complexity index is 684. The van der Waals surface area contributed by atoms with E-state index in [1.165, 1.54) is 12.1 Å². The van der Waals surface area contributed by atoms with Gasteiger partial charge in [-0.2, -0.15) is 0 Å². The van der Waals surface area contributed by atoms with Crippen LogP contribution in [0, 0.1) is 0 Å². The van der Waals surface area contributed by atoms with Gasteiger partial charge in [0.2, 0.25) is 10.0 Å². The van der Waals surface area contributed by atoms with E-state index in [9.17, 15) is 8.42 Å². The average molecular weight is 310 g/mol. The Hall–Kier alpha value is -2.13. The Morgan fingerprint density at radius 2 is 2.19 bits per heavy atom. The summed E-state index contributed by atoms with van der Waals surface area (Å²) >= 11 is 0. The summed E-state index contributed by atoms with van der Waals surface area (Å²) in [5.74, 6) is 0. The molecule has 0 unspecified atom stereocenters. The number of nitrogens with zero attached hydrogens (tertiary/aromatic N) is 3. The Kier molecular flexibility index (Phi) is 4.76. The molecule has 21 heavy (non-hydrogen) atoms. The molecule has 0 saturated heterocycles. The van der Waals surface area contributed by atoms with Crippen LogP contribution in [0.3, 0.4) is 0 Å². The fraction of sp³-hybridized carbons (Fsp3) is 0.333. The van der Waals surface area contributed by atoms with E-state index in [-0.39, 0.29) is 4.90 Å². The summed E-state index contributed by atoms with van der Waals surface area (Å²) < 4.78 is 28.0. The number of nitrogens with one attached hydrogen (secondary N) is 2. The third-order valence-electron chi connectivity index (χ3n) is 2.80. The van der Waals surface area contributed by atoms with E-state index in [0.29, 0.717) is 31.0 Å². The lowest BCUT2D eigenvalue weighted by atomic mass is 10.2. The second kappa shape index (κ2) is 6.55. The van der Waals surface area contributed by atoms with Crippen molar-refractivity contribution in [1.82, 2.24) is 19.7 Å². The van der Waals surface area contributed by atoms with Crippen LogP contribution in [0.25, 0.3) is 0 Å². The van der Waals surface area contributed by atoms with E-state index in [1.54, 1.807) is 30.1 Å². The first-order valence-electron chi connectivity index (χ1n) is 6.50. The maximum atomic E-state index is 12.0. The second-order valence-corrected chi connectivity index (χ2v) is 6.11. The number of sulfonamides is 1. The summed E-state index contributed by atoms with van der Waals surface area (Å²) in [6.45, 7) is 3.22. The normalized spacial score (nSPS) is 11.5. The van der Waals surface area contributed by atoms with Crippen LogP contribution < -0.4 is 15.8 Å². The molecule has 0 aliphatic carbocycles. The van der Waals surface area contributed by atoms with Crippen molar-refractivity contribution >= 4 is 21.4 Å². The van der Waals surface area contributed by atoms with Crippen molar-refractivity contribution in [3.05, 3.63) is 30.6 Å². The first-order chi connectivity index (χ1) is 10.0. The molecule has 0 fully saturated rings. The summed E-state index contributed by atoms with van der Waals surface area (Å²) in [5, 5.41) is 10.6. The second-order valence-electron chi connectivity index (χ2n) is 4.34. The molecule has 0 aliphatic rings. The van der Waals surface area contributed by atoms with E-state index in [1.807, 2.05) is 0 Å². The summed E-state index contributed by atoms with van der Waals surface area (Å²) in [6.07, 6.45) is 3.34. The molecule has 1 aromatic carbocycles. The first-order valence-corrected chi connectivity index (χ1v) is 7.98. The Labute approximate surface area is 123 Å². The van der Waals surface area contributed by atoms with Gasteiger partial charge in [0.05, 0.1) is 29.0 Å². The molecule has 0 radical (unpaired) electrons. The number of benzene rings is 1. The van der Waals surface area contributed by atoms with Gasteiger partial charge in [-0.05, 0) is 18.2 Å². The molecule has 1 aromatic heterocycles. The van der Waals surface area contributed by atoms with Gasteiger partial charge < -0.3 is 11.1 Å². The lowest BCUT2D eigenvalue weighted by Gasteiger charge is -2.12. The number of hydrogen-bond donors (Lipinski definition) is 3. The van der Waals surface area contributed by atoms with Crippen molar-refractivity contribution in [3.8, 4) is 0 Å². The number of aromatic nitrogens is 3. The van der Waals surface area contributed by atoms with E-state index in [0.717, 1.165) is 0 Å². The van der Waals surface area contributed by atoms with Crippen LogP contribution in [-0.4, -0.2) is 36.5 Å². The molecule has 0 aliphatic heterocycles. The van der Waals surface area contributed by atoms with Gasteiger partial charge in [0, 0.05) is 19.3 Å². The minimum atomic E-state index is -3.49. The molecular formula is C12H18N6O2S. The summed E-state index contributed by atoms with van der Waals surface area (Å²) in [6, 6.07) is 4.58. The average Bonchev–Trinajstić information content (AvgIpc) is 2.94. The SMILES string of the molecule is CCNS(=O)(=O)c1ccc(N)c(NCCn2ccnn2)c1. The van der Waals surface area contributed by atoms with Gasteiger partial charge in [-0.25, -0.2) is 13.1 Å². The van der Waals surface area contributed by atoms with Gasteiger partial charge in [0.15, 0.2) is 0 Å². The van der Waals surface area contributed by atoms with Crippen molar-refractivity contribution in [2.75, 3.05) is 24.1 Å². The molecule has 0 saturated carbocycles. The van der Waals surface area contributed by atoms with Gasteiger partial charge >= 0.3 is 0 Å². The zero-order valence-corrected chi connectivity index (χ0v) is 12.5. The maximum absolute atomic E-state index is 12.0. The highest BCUT2D eigenvalue weighted by Gasteiger charge is 2.14.